The van der Waals surface area contributed by atoms with E-state index in [1.54, 1.807) is 36.4 Å². The Bertz CT molecular complexity index is 671. The topological polar surface area (TPSA) is 35.5 Å². The van der Waals surface area contributed by atoms with E-state index in [1.807, 2.05) is 0 Å². The van der Waals surface area contributed by atoms with E-state index in [0.717, 1.165) is 5.56 Å². The van der Waals surface area contributed by atoms with Crippen molar-refractivity contribution in [3.63, 3.8) is 0 Å². The maximum atomic E-state index is 11.4. The molecule has 0 saturated carbocycles. The Hall–Kier alpha value is -1.42. The Morgan fingerprint density at radius 2 is 1.90 bits per heavy atom. The summed E-state index contributed by atoms with van der Waals surface area (Å²) in [6, 6.07) is 10.1. The number of hydrogen-bond donors (Lipinski definition) is 0. The molecule has 0 saturated heterocycles. The molecule has 21 heavy (non-hydrogen) atoms. The summed E-state index contributed by atoms with van der Waals surface area (Å²) in [6.45, 7) is 0.203. The Morgan fingerprint density at radius 3 is 2.52 bits per heavy atom. The lowest BCUT2D eigenvalue weighted by atomic mass is 10.2. The third-order valence-electron chi connectivity index (χ3n) is 2.78. The van der Waals surface area contributed by atoms with Gasteiger partial charge in [0, 0.05) is 0 Å². The highest BCUT2D eigenvalue weighted by molar-refractivity contribution is 6.68. The van der Waals surface area contributed by atoms with E-state index in [-0.39, 0.29) is 12.2 Å². The first-order valence-corrected chi connectivity index (χ1v) is 7.10. The van der Waals surface area contributed by atoms with E-state index >= 15 is 0 Å². The normalized spacial score (nSPS) is 10.3. The van der Waals surface area contributed by atoms with Crippen molar-refractivity contribution < 1.29 is 14.3 Å². The smallest absolute Gasteiger partial charge is 0.256 e. The SMILES string of the molecule is COc1cccc(C(=O)Cl)c1OCc1ccc(Cl)c(Cl)c1. The predicted molar refractivity (Wildman–Crippen MR) is 84.0 cm³/mol. The summed E-state index contributed by atoms with van der Waals surface area (Å²) in [7, 11) is 1.49. The molecule has 2 aromatic rings. The van der Waals surface area contributed by atoms with E-state index in [4.69, 9.17) is 44.3 Å². The first kappa shape index (κ1) is 16.0. The molecule has 0 unspecified atom stereocenters. The van der Waals surface area contributed by atoms with Crippen LogP contribution in [0.25, 0.3) is 0 Å². The minimum Gasteiger partial charge on any atom is -0.493 e. The van der Waals surface area contributed by atoms with Crippen LogP contribution in [-0.2, 0) is 6.61 Å². The highest BCUT2D eigenvalue weighted by Gasteiger charge is 2.15. The van der Waals surface area contributed by atoms with Crippen LogP contribution in [0, 0.1) is 0 Å². The van der Waals surface area contributed by atoms with Gasteiger partial charge in [0.05, 0.1) is 22.7 Å². The zero-order valence-electron chi connectivity index (χ0n) is 11.0. The minimum absolute atomic E-state index is 0.203. The number of halogens is 3. The van der Waals surface area contributed by atoms with E-state index in [9.17, 15) is 4.79 Å². The molecular formula is C15H11Cl3O3. The van der Waals surface area contributed by atoms with Crippen molar-refractivity contribution in [3.05, 3.63) is 57.6 Å². The molecule has 0 heterocycles. The van der Waals surface area contributed by atoms with Crippen molar-refractivity contribution >= 4 is 40.0 Å². The molecule has 0 spiro atoms. The van der Waals surface area contributed by atoms with Crippen LogP contribution in [0.1, 0.15) is 15.9 Å². The maximum absolute atomic E-state index is 11.4. The molecule has 0 radical (unpaired) electrons. The van der Waals surface area contributed by atoms with E-state index in [1.165, 1.54) is 7.11 Å². The van der Waals surface area contributed by atoms with Crippen molar-refractivity contribution in [2.24, 2.45) is 0 Å². The molecule has 0 aliphatic carbocycles. The van der Waals surface area contributed by atoms with Crippen molar-refractivity contribution in [2.45, 2.75) is 6.61 Å². The number of methoxy groups -OCH3 is 1. The van der Waals surface area contributed by atoms with Crippen LogP contribution >= 0.6 is 34.8 Å². The van der Waals surface area contributed by atoms with Crippen LogP contribution in [0.3, 0.4) is 0 Å². The van der Waals surface area contributed by atoms with Crippen LogP contribution in [0.4, 0.5) is 0 Å². The second-order valence-corrected chi connectivity index (χ2v) is 5.31. The first-order chi connectivity index (χ1) is 10.0. The lowest BCUT2D eigenvalue weighted by Gasteiger charge is -2.13. The summed E-state index contributed by atoms with van der Waals surface area (Å²) < 4.78 is 10.9. The lowest BCUT2D eigenvalue weighted by molar-refractivity contribution is 0.107. The second kappa shape index (κ2) is 7.03. The molecule has 110 valence electrons. The molecule has 0 fully saturated rings. The summed E-state index contributed by atoms with van der Waals surface area (Å²) in [5.74, 6) is 0.729. The monoisotopic (exact) mass is 344 g/mol. The minimum atomic E-state index is -0.613. The molecule has 2 aromatic carbocycles. The highest BCUT2D eigenvalue weighted by Crippen LogP contribution is 2.33. The predicted octanol–water partition coefficient (Wildman–Crippen LogP) is 4.96. The van der Waals surface area contributed by atoms with Crippen LogP contribution in [-0.4, -0.2) is 12.4 Å². The Labute approximate surface area is 137 Å². The number of carbonyl (C=O) groups excluding carboxylic acids is 1. The molecule has 0 bridgehead atoms. The van der Waals surface area contributed by atoms with Crippen LogP contribution in [0.15, 0.2) is 36.4 Å². The summed E-state index contributed by atoms with van der Waals surface area (Å²) in [5, 5.41) is 0.291. The molecule has 0 amide bonds. The van der Waals surface area contributed by atoms with E-state index < -0.39 is 5.24 Å². The van der Waals surface area contributed by atoms with Crippen molar-refractivity contribution in [3.8, 4) is 11.5 Å². The van der Waals surface area contributed by atoms with Gasteiger partial charge in [0.2, 0.25) is 0 Å². The molecule has 2 rings (SSSR count). The molecular weight excluding hydrogens is 335 g/mol. The fraction of sp³-hybridized carbons (Fsp3) is 0.133. The molecule has 0 aliphatic rings. The first-order valence-electron chi connectivity index (χ1n) is 5.96. The summed E-state index contributed by atoms with van der Waals surface area (Å²) >= 11 is 17.4. The van der Waals surface area contributed by atoms with Gasteiger partial charge in [0.1, 0.15) is 6.61 Å². The van der Waals surface area contributed by atoms with Gasteiger partial charge < -0.3 is 9.47 Å². The molecule has 0 aromatic heterocycles. The fourth-order valence-corrected chi connectivity index (χ4v) is 2.23. The quantitative estimate of drug-likeness (QED) is 0.718. The average Bonchev–Trinajstić information content (AvgIpc) is 2.48. The van der Waals surface area contributed by atoms with E-state index in [0.29, 0.717) is 21.5 Å². The van der Waals surface area contributed by atoms with Gasteiger partial charge in [-0.3, -0.25) is 4.79 Å². The van der Waals surface area contributed by atoms with Gasteiger partial charge in [-0.15, -0.1) is 0 Å². The third-order valence-corrected chi connectivity index (χ3v) is 3.72. The van der Waals surface area contributed by atoms with Crippen molar-refractivity contribution in [1.82, 2.24) is 0 Å². The van der Waals surface area contributed by atoms with Crippen LogP contribution in [0.5, 0.6) is 11.5 Å². The van der Waals surface area contributed by atoms with Gasteiger partial charge in [-0.1, -0.05) is 35.3 Å². The van der Waals surface area contributed by atoms with Gasteiger partial charge in [-0.2, -0.15) is 0 Å². The number of para-hydroxylation sites is 1. The number of hydrogen-bond acceptors (Lipinski definition) is 3. The summed E-state index contributed by atoms with van der Waals surface area (Å²) in [6.07, 6.45) is 0. The largest absolute Gasteiger partial charge is 0.493 e. The zero-order valence-corrected chi connectivity index (χ0v) is 13.3. The van der Waals surface area contributed by atoms with Crippen LogP contribution in [0.2, 0.25) is 10.0 Å². The molecule has 0 N–H and O–H groups in total. The van der Waals surface area contributed by atoms with Gasteiger partial charge >= 0.3 is 0 Å². The highest BCUT2D eigenvalue weighted by atomic mass is 35.5. The third kappa shape index (κ3) is 3.82. The number of ether oxygens (including phenoxy) is 2. The Balaban J connectivity index is 2.26. The number of rotatable bonds is 5. The van der Waals surface area contributed by atoms with Crippen molar-refractivity contribution in [2.75, 3.05) is 7.11 Å². The molecule has 0 atom stereocenters. The lowest BCUT2D eigenvalue weighted by Crippen LogP contribution is -2.02. The van der Waals surface area contributed by atoms with E-state index in [2.05, 4.69) is 0 Å². The average molecular weight is 346 g/mol. The molecule has 6 heteroatoms. The van der Waals surface area contributed by atoms with Gasteiger partial charge in [-0.05, 0) is 41.4 Å². The van der Waals surface area contributed by atoms with Crippen LogP contribution < -0.4 is 9.47 Å². The Morgan fingerprint density at radius 1 is 1.14 bits per heavy atom. The number of carbonyl (C=O) groups is 1. The zero-order chi connectivity index (χ0) is 15.4. The maximum Gasteiger partial charge on any atom is 0.256 e. The Kier molecular flexibility index (Phi) is 5.34. The molecule has 3 nitrogen and oxygen atoms in total. The van der Waals surface area contributed by atoms with Gasteiger partial charge in [0.15, 0.2) is 11.5 Å². The summed E-state index contributed by atoms with van der Waals surface area (Å²) in [4.78, 5) is 11.4. The standard InChI is InChI=1S/C15H11Cl3O3/c1-20-13-4-2-3-10(15(18)19)14(13)21-8-9-5-6-11(16)12(17)7-9/h2-7H,8H2,1H3. The summed E-state index contributed by atoms with van der Waals surface area (Å²) in [5.41, 5.74) is 1.05. The fourth-order valence-electron chi connectivity index (χ4n) is 1.77. The van der Waals surface area contributed by atoms with Gasteiger partial charge in [0.25, 0.3) is 5.24 Å². The number of benzene rings is 2. The second-order valence-electron chi connectivity index (χ2n) is 4.15. The van der Waals surface area contributed by atoms with Gasteiger partial charge in [-0.25, -0.2) is 0 Å². The molecule has 0 aliphatic heterocycles. The van der Waals surface area contributed by atoms with Crippen molar-refractivity contribution in [1.29, 1.82) is 0 Å².